The van der Waals surface area contributed by atoms with Gasteiger partial charge in [-0.05, 0) is 50.5 Å². The molecule has 1 aromatic heterocycles. The lowest BCUT2D eigenvalue weighted by Crippen LogP contribution is -2.41. The van der Waals surface area contributed by atoms with Crippen molar-refractivity contribution in [2.24, 2.45) is 0 Å². The maximum atomic E-state index is 12.7. The maximum absolute atomic E-state index is 12.7. The molecule has 1 unspecified atom stereocenters. The fourth-order valence-electron chi connectivity index (χ4n) is 3.02. The van der Waals surface area contributed by atoms with E-state index in [-0.39, 0.29) is 11.9 Å². The van der Waals surface area contributed by atoms with Crippen LogP contribution in [0.3, 0.4) is 0 Å². The number of carbonyl (C=O) groups is 1. The average Bonchev–Trinajstić information content (AvgIpc) is 2.83. The second-order valence-corrected chi connectivity index (χ2v) is 5.74. The Balaban J connectivity index is 1.86. The third-order valence-electron chi connectivity index (χ3n) is 4.11. The van der Waals surface area contributed by atoms with Crippen molar-refractivity contribution in [1.82, 2.24) is 14.8 Å². The Morgan fingerprint density at radius 2 is 2.15 bits per heavy atom. The molecule has 0 radical (unpaired) electrons. The number of H-pyrrole nitrogens is 1. The molecule has 20 heavy (non-hydrogen) atoms. The lowest BCUT2D eigenvalue weighted by atomic mass is 10.1. The van der Waals surface area contributed by atoms with Crippen LogP contribution < -0.4 is 0 Å². The molecule has 0 bridgehead atoms. The van der Waals surface area contributed by atoms with E-state index in [4.69, 9.17) is 0 Å². The molecule has 4 nitrogen and oxygen atoms in total. The number of nitrogens with one attached hydrogen (secondary N) is 1. The minimum Gasteiger partial charge on any atom is -0.361 e. The van der Waals surface area contributed by atoms with Crippen LogP contribution >= 0.6 is 0 Å². The molecule has 0 saturated carbocycles. The van der Waals surface area contributed by atoms with Crippen molar-refractivity contribution in [3.8, 4) is 0 Å². The summed E-state index contributed by atoms with van der Waals surface area (Å²) in [5.41, 5.74) is 1.80. The third kappa shape index (κ3) is 2.43. The zero-order valence-corrected chi connectivity index (χ0v) is 12.1. The fraction of sp³-hybridized carbons (Fsp3) is 0.438. The van der Waals surface area contributed by atoms with Crippen LogP contribution in [0.4, 0.5) is 0 Å². The zero-order valence-electron chi connectivity index (χ0n) is 12.1. The second-order valence-electron chi connectivity index (χ2n) is 5.74. The number of aromatic amines is 1. The topological polar surface area (TPSA) is 39.3 Å². The van der Waals surface area contributed by atoms with Crippen molar-refractivity contribution < 1.29 is 4.79 Å². The van der Waals surface area contributed by atoms with Gasteiger partial charge in [0.15, 0.2) is 0 Å². The summed E-state index contributed by atoms with van der Waals surface area (Å²) in [6.45, 7) is 4.97. The molecule has 2 aromatic rings. The molecule has 106 valence electrons. The molecule has 4 heteroatoms. The molecular formula is C16H21N3O. The first-order valence-corrected chi connectivity index (χ1v) is 7.22. The molecule has 2 heterocycles. The summed E-state index contributed by atoms with van der Waals surface area (Å²) in [6, 6.07) is 8.17. The van der Waals surface area contributed by atoms with Crippen LogP contribution in [0.5, 0.6) is 0 Å². The second kappa shape index (κ2) is 5.29. The van der Waals surface area contributed by atoms with Crippen molar-refractivity contribution in [2.75, 3.05) is 26.7 Å². The van der Waals surface area contributed by atoms with Crippen molar-refractivity contribution >= 4 is 16.8 Å². The number of hydrogen-bond acceptors (Lipinski definition) is 2. The number of aromatic nitrogens is 1. The van der Waals surface area contributed by atoms with E-state index >= 15 is 0 Å². The Kier molecular flexibility index (Phi) is 3.49. The molecule has 1 fully saturated rings. The van der Waals surface area contributed by atoms with E-state index < -0.39 is 0 Å². The van der Waals surface area contributed by atoms with E-state index in [1.54, 1.807) is 0 Å². The highest BCUT2D eigenvalue weighted by Crippen LogP contribution is 2.18. The fourth-order valence-corrected chi connectivity index (χ4v) is 3.02. The van der Waals surface area contributed by atoms with Crippen LogP contribution in [0.1, 0.15) is 23.7 Å². The Morgan fingerprint density at radius 1 is 1.30 bits per heavy atom. The molecule has 1 amide bonds. The van der Waals surface area contributed by atoms with Gasteiger partial charge >= 0.3 is 0 Å². The molecule has 1 aromatic carbocycles. The molecule has 1 aliphatic heterocycles. The van der Waals surface area contributed by atoms with Crippen LogP contribution in [-0.4, -0.2) is 53.4 Å². The third-order valence-corrected chi connectivity index (χ3v) is 4.11. The smallest absolute Gasteiger partial charge is 0.254 e. The Bertz CT molecular complexity index is 619. The standard InChI is InChI=1S/C16H21N3O/c1-12-11-18(2)8-3-9-19(12)16(20)14-5-4-13-6-7-17-15(13)10-14/h4-7,10,12,17H,3,8-9,11H2,1-2H3. The number of rotatable bonds is 1. The van der Waals surface area contributed by atoms with Gasteiger partial charge in [0.05, 0.1) is 0 Å². The summed E-state index contributed by atoms with van der Waals surface area (Å²) in [6.07, 6.45) is 2.94. The van der Waals surface area contributed by atoms with Gasteiger partial charge in [0.25, 0.3) is 5.91 Å². The van der Waals surface area contributed by atoms with E-state index in [0.717, 1.165) is 42.5 Å². The summed E-state index contributed by atoms with van der Waals surface area (Å²) in [4.78, 5) is 20.2. The predicted molar refractivity (Wildman–Crippen MR) is 80.9 cm³/mol. The van der Waals surface area contributed by atoms with Gasteiger partial charge in [-0.15, -0.1) is 0 Å². The van der Waals surface area contributed by atoms with Gasteiger partial charge in [0, 0.05) is 36.4 Å². The SMILES string of the molecule is CC1CN(C)CCCN1C(=O)c1ccc2cc[nH]c2c1. The first-order chi connectivity index (χ1) is 9.65. The lowest BCUT2D eigenvalue weighted by Gasteiger charge is -2.28. The largest absolute Gasteiger partial charge is 0.361 e. The summed E-state index contributed by atoms with van der Waals surface area (Å²) < 4.78 is 0. The number of nitrogens with zero attached hydrogens (tertiary/aromatic N) is 2. The molecule has 1 N–H and O–H groups in total. The Morgan fingerprint density at radius 3 is 3.00 bits per heavy atom. The van der Waals surface area contributed by atoms with Crippen LogP contribution in [0.2, 0.25) is 0 Å². The normalized spacial score (nSPS) is 21.1. The van der Waals surface area contributed by atoms with E-state index in [0.29, 0.717) is 0 Å². The van der Waals surface area contributed by atoms with Gasteiger partial charge in [-0.2, -0.15) is 0 Å². The molecule has 3 rings (SSSR count). The number of fused-ring (bicyclic) bond motifs is 1. The van der Waals surface area contributed by atoms with Gasteiger partial charge in [-0.1, -0.05) is 6.07 Å². The van der Waals surface area contributed by atoms with Crippen molar-refractivity contribution in [1.29, 1.82) is 0 Å². The molecule has 0 spiro atoms. The first-order valence-electron chi connectivity index (χ1n) is 7.22. The minimum absolute atomic E-state index is 0.143. The summed E-state index contributed by atoms with van der Waals surface area (Å²) in [5.74, 6) is 0.143. The minimum atomic E-state index is 0.143. The van der Waals surface area contributed by atoms with Crippen LogP contribution in [0, 0.1) is 0 Å². The maximum Gasteiger partial charge on any atom is 0.254 e. The van der Waals surface area contributed by atoms with Crippen LogP contribution in [0.25, 0.3) is 10.9 Å². The molecule has 1 saturated heterocycles. The molecule has 1 atom stereocenters. The summed E-state index contributed by atoms with van der Waals surface area (Å²) in [7, 11) is 2.12. The van der Waals surface area contributed by atoms with Gasteiger partial charge in [0.2, 0.25) is 0 Å². The highest BCUT2D eigenvalue weighted by atomic mass is 16.2. The number of likely N-dealkylation sites (N-methyl/N-ethyl adjacent to an activating group) is 1. The van der Waals surface area contributed by atoms with Crippen LogP contribution in [-0.2, 0) is 0 Å². The van der Waals surface area contributed by atoms with Gasteiger partial charge in [-0.25, -0.2) is 0 Å². The summed E-state index contributed by atoms with van der Waals surface area (Å²) in [5, 5.41) is 1.14. The van der Waals surface area contributed by atoms with Crippen molar-refractivity contribution in [3.05, 3.63) is 36.0 Å². The zero-order chi connectivity index (χ0) is 14.1. The van der Waals surface area contributed by atoms with Gasteiger partial charge in [0.1, 0.15) is 0 Å². The van der Waals surface area contributed by atoms with Crippen LogP contribution in [0.15, 0.2) is 30.5 Å². The van der Waals surface area contributed by atoms with Gasteiger partial charge in [-0.3, -0.25) is 4.79 Å². The van der Waals surface area contributed by atoms with E-state index in [1.807, 2.05) is 35.4 Å². The van der Waals surface area contributed by atoms with E-state index in [2.05, 4.69) is 23.9 Å². The number of amides is 1. The Labute approximate surface area is 119 Å². The highest BCUT2D eigenvalue weighted by molar-refractivity contribution is 5.98. The van der Waals surface area contributed by atoms with Crippen molar-refractivity contribution in [3.63, 3.8) is 0 Å². The molecule has 0 aliphatic carbocycles. The monoisotopic (exact) mass is 271 g/mol. The molecule has 1 aliphatic rings. The van der Waals surface area contributed by atoms with Crippen molar-refractivity contribution in [2.45, 2.75) is 19.4 Å². The highest BCUT2D eigenvalue weighted by Gasteiger charge is 2.24. The number of hydrogen-bond donors (Lipinski definition) is 1. The lowest BCUT2D eigenvalue weighted by molar-refractivity contribution is 0.0696. The summed E-state index contributed by atoms with van der Waals surface area (Å²) >= 11 is 0. The molecular weight excluding hydrogens is 250 g/mol. The Hall–Kier alpha value is -1.81. The average molecular weight is 271 g/mol. The van der Waals surface area contributed by atoms with E-state index in [1.165, 1.54) is 0 Å². The number of carbonyl (C=O) groups excluding carboxylic acids is 1. The first kappa shape index (κ1) is 13.2. The van der Waals surface area contributed by atoms with Gasteiger partial charge < -0.3 is 14.8 Å². The number of benzene rings is 1. The quantitative estimate of drug-likeness (QED) is 0.864. The predicted octanol–water partition coefficient (Wildman–Crippen LogP) is 2.33. The van der Waals surface area contributed by atoms with E-state index in [9.17, 15) is 4.79 Å².